The van der Waals surface area contributed by atoms with Gasteiger partial charge in [-0.25, -0.2) is 0 Å². The molecule has 1 aromatic rings. The zero-order valence-corrected chi connectivity index (χ0v) is 17.3. The maximum Gasteiger partial charge on any atom is 0.274 e. The van der Waals surface area contributed by atoms with Crippen LogP contribution in [-0.2, 0) is 19.4 Å². The second-order valence-electron chi connectivity index (χ2n) is 7.48. The van der Waals surface area contributed by atoms with E-state index < -0.39 is 0 Å². The predicted octanol–water partition coefficient (Wildman–Crippen LogP) is 1.49. The average molecular weight is 380 g/mol. The Balaban J connectivity index is 1.78. The number of aryl methyl sites for hydroxylation is 1. The molecule has 2 heterocycles. The van der Waals surface area contributed by atoms with E-state index in [1.165, 1.54) is 11.3 Å². The highest BCUT2D eigenvalue weighted by Gasteiger charge is 2.31. The Kier molecular flexibility index (Phi) is 7.00. The van der Waals surface area contributed by atoms with Crippen molar-refractivity contribution in [1.82, 2.24) is 24.9 Å². The number of carbonyl (C=O) groups excluding carboxylic acids is 1. The van der Waals surface area contributed by atoms with Gasteiger partial charge in [0.2, 0.25) is 0 Å². The molecular formula is C19H33N5OS. The van der Waals surface area contributed by atoms with Crippen molar-refractivity contribution in [3.05, 3.63) is 17.0 Å². The molecule has 1 atom stereocenters. The summed E-state index contributed by atoms with van der Waals surface area (Å²) in [5, 5.41) is 8.45. The zero-order valence-electron chi connectivity index (χ0n) is 16.5. The molecule has 1 saturated heterocycles. The number of carbonyl (C=O) groups is 1. The van der Waals surface area contributed by atoms with E-state index in [0.29, 0.717) is 6.04 Å². The Hall–Kier alpha value is -1.05. The van der Waals surface area contributed by atoms with Gasteiger partial charge in [-0.15, -0.1) is 0 Å². The Bertz CT molecular complexity index is 609. The van der Waals surface area contributed by atoms with E-state index in [1.807, 2.05) is 16.7 Å². The summed E-state index contributed by atoms with van der Waals surface area (Å²) in [5.74, 6) is 1.26. The lowest BCUT2D eigenvalue weighted by atomic mass is 9.91. The molecule has 0 aromatic carbocycles. The van der Waals surface area contributed by atoms with Crippen molar-refractivity contribution >= 4 is 17.7 Å². The van der Waals surface area contributed by atoms with Gasteiger partial charge in [0.25, 0.3) is 5.91 Å². The van der Waals surface area contributed by atoms with Crippen LogP contribution in [0.2, 0.25) is 0 Å². The molecule has 1 fully saturated rings. The van der Waals surface area contributed by atoms with Gasteiger partial charge >= 0.3 is 0 Å². The van der Waals surface area contributed by atoms with Gasteiger partial charge in [-0.3, -0.25) is 9.48 Å². The zero-order chi connectivity index (χ0) is 18.5. The van der Waals surface area contributed by atoms with Crippen molar-refractivity contribution in [3.63, 3.8) is 0 Å². The molecule has 0 radical (unpaired) electrons. The van der Waals surface area contributed by atoms with Gasteiger partial charge in [0.15, 0.2) is 5.69 Å². The monoisotopic (exact) mass is 379 g/mol. The number of rotatable bonds is 7. The standard InChI is InChI=1S/C19H33N5OS/c1-4-8-24-17-6-5-15(20-7-13-26-3)14-16(17)18(21-24)19(25)23-11-9-22(2)10-12-23/h15,20H,4-14H2,1-3H3/t15-/m0/s1. The summed E-state index contributed by atoms with van der Waals surface area (Å²) in [7, 11) is 2.12. The lowest BCUT2D eigenvalue weighted by Crippen LogP contribution is -2.47. The molecule has 1 aliphatic heterocycles. The van der Waals surface area contributed by atoms with Crippen LogP contribution in [0.4, 0.5) is 0 Å². The van der Waals surface area contributed by atoms with Crippen molar-refractivity contribution < 1.29 is 4.79 Å². The number of fused-ring (bicyclic) bond motifs is 1. The van der Waals surface area contributed by atoms with Gasteiger partial charge in [-0.05, 0) is 39.0 Å². The Morgan fingerprint density at radius 1 is 1.31 bits per heavy atom. The quantitative estimate of drug-likeness (QED) is 0.728. The highest BCUT2D eigenvalue weighted by molar-refractivity contribution is 7.98. The van der Waals surface area contributed by atoms with E-state index in [0.717, 1.165) is 76.4 Å². The van der Waals surface area contributed by atoms with Gasteiger partial charge in [0.1, 0.15) is 0 Å². The fourth-order valence-electron chi connectivity index (χ4n) is 3.95. The molecule has 1 N–H and O–H groups in total. The smallest absolute Gasteiger partial charge is 0.274 e. The molecule has 1 aliphatic carbocycles. The first-order valence-electron chi connectivity index (χ1n) is 9.92. The minimum Gasteiger partial charge on any atom is -0.335 e. The number of hydrogen-bond donors (Lipinski definition) is 1. The third-order valence-corrected chi connectivity index (χ3v) is 6.13. The summed E-state index contributed by atoms with van der Waals surface area (Å²) < 4.78 is 2.11. The third-order valence-electron chi connectivity index (χ3n) is 5.51. The number of nitrogens with one attached hydrogen (secondary N) is 1. The first-order chi connectivity index (χ1) is 12.6. The van der Waals surface area contributed by atoms with Gasteiger partial charge in [-0.2, -0.15) is 16.9 Å². The molecule has 0 bridgehead atoms. The van der Waals surface area contributed by atoms with Crippen LogP contribution in [0, 0.1) is 0 Å². The van der Waals surface area contributed by atoms with Gasteiger partial charge in [-0.1, -0.05) is 6.92 Å². The van der Waals surface area contributed by atoms with Crippen molar-refractivity contribution in [1.29, 1.82) is 0 Å². The summed E-state index contributed by atoms with van der Waals surface area (Å²) in [5.41, 5.74) is 3.22. The van der Waals surface area contributed by atoms with Gasteiger partial charge < -0.3 is 15.1 Å². The third kappa shape index (κ3) is 4.43. The lowest BCUT2D eigenvalue weighted by Gasteiger charge is -2.32. The van der Waals surface area contributed by atoms with Crippen LogP contribution in [0.25, 0.3) is 0 Å². The highest BCUT2D eigenvalue weighted by Crippen LogP contribution is 2.26. The SMILES string of the molecule is CCCn1nc(C(=O)N2CCN(C)CC2)c2c1CC[C@H](NCCSC)C2. The summed E-state index contributed by atoms with van der Waals surface area (Å²) in [6.45, 7) is 7.62. The van der Waals surface area contributed by atoms with Crippen LogP contribution >= 0.6 is 11.8 Å². The molecule has 1 aromatic heterocycles. The minimum absolute atomic E-state index is 0.133. The Morgan fingerprint density at radius 2 is 2.08 bits per heavy atom. The Labute approximate surface area is 161 Å². The average Bonchev–Trinajstić information content (AvgIpc) is 3.00. The summed E-state index contributed by atoms with van der Waals surface area (Å²) in [4.78, 5) is 17.4. The number of likely N-dealkylation sites (N-methyl/N-ethyl adjacent to an activating group) is 1. The molecule has 3 rings (SSSR count). The molecule has 0 saturated carbocycles. The lowest BCUT2D eigenvalue weighted by molar-refractivity contribution is 0.0656. The van der Waals surface area contributed by atoms with Gasteiger partial charge in [0.05, 0.1) is 0 Å². The van der Waals surface area contributed by atoms with E-state index >= 15 is 0 Å². The van der Waals surface area contributed by atoms with Crippen LogP contribution in [0.15, 0.2) is 0 Å². The molecular weight excluding hydrogens is 346 g/mol. The summed E-state index contributed by atoms with van der Waals surface area (Å²) in [6, 6.07) is 0.466. The molecule has 2 aliphatic rings. The van der Waals surface area contributed by atoms with Crippen LogP contribution in [0.3, 0.4) is 0 Å². The largest absolute Gasteiger partial charge is 0.335 e. The van der Waals surface area contributed by atoms with E-state index in [1.54, 1.807) is 0 Å². The summed E-state index contributed by atoms with van der Waals surface area (Å²) >= 11 is 1.87. The molecule has 1 amide bonds. The maximum atomic E-state index is 13.2. The predicted molar refractivity (Wildman–Crippen MR) is 108 cm³/mol. The van der Waals surface area contributed by atoms with E-state index in [9.17, 15) is 4.79 Å². The normalized spacial score (nSPS) is 21.0. The Morgan fingerprint density at radius 3 is 2.77 bits per heavy atom. The second-order valence-corrected chi connectivity index (χ2v) is 8.46. The number of nitrogens with zero attached hydrogens (tertiary/aromatic N) is 4. The number of thioether (sulfide) groups is 1. The van der Waals surface area contributed by atoms with Crippen LogP contribution < -0.4 is 5.32 Å². The van der Waals surface area contributed by atoms with Crippen LogP contribution in [0.5, 0.6) is 0 Å². The van der Waals surface area contributed by atoms with Crippen LogP contribution in [0.1, 0.15) is 41.5 Å². The number of amides is 1. The van der Waals surface area contributed by atoms with Crippen molar-refractivity contribution in [2.75, 3.05) is 51.8 Å². The second kappa shape index (κ2) is 9.24. The van der Waals surface area contributed by atoms with Crippen molar-refractivity contribution in [3.8, 4) is 0 Å². The number of hydrogen-bond acceptors (Lipinski definition) is 5. The van der Waals surface area contributed by atoms with E-state index in [4.69, 9.17) is 5.10 Å². The van der Waals surface area contributed by atoms with Crippen molar-refractivity contribution in [2.45, 2.75) is 45.2 Å². The fourth-order valence-corrected chi connectivity index (χ4v) is 4.28. The summed E-state index contributed by atoms with van der Waals surface area (Å²) in [6.07, 6.45) is 6.28. The first-order valence-corrected chi connectivity index (χ1v) is 11.3. The molecule has 6 nitrogen and oxygen atoms in total. The van der Waals surface area contributed by atoms with Gasteiger partial charge in [0, 0.05) is 62.3 Å². The highest BCUT2D eigenvalue weighted by atomic mass is 32.2. The maximum absolute atomic E-state index is 13.2. The minimum atomic E-state index is 0.133. The first kappa shape index (κ1) is 19.7. The molecule has 0 unspecified atom stereocenters. The van der Waals surface area contributed by atoms with E-state index in [-0.39, 0.29) is 5.91 Å². The molecule has 7 heteroatoms. The topological polar surface area (TPSA) is 53.4 Å². The molecule has 146 valence electrons. The number of piperazine rings is 1. The number of aromatic nitrogens is 2. The van der Waals surface area contributed by atoms with E-state index in [2.05, 4.69) is 35.1 Å². The van der Waals surface area contributed by atoms with Crippen molar-refractivity contribution in [2.24, 2.45) is 0 Å². The van der Waals surface area contributed by atoms with Crippen LogP contribution in [-0.4, -0.2) is 83.3 Å². The molecule has 26 heavy (non-hydrogen) atoms. The molecule has 0 spiro atoms. The fraction of sp³-hybridized carbons (Fsp3) is 0.789.